The van der Waals surface area contributed by atoms with Crippen molar-refractivity contribution in [1.29, 1.82) is 0 Å². The van der Waals surface area contributed by atoms with E-state index >= 15 is 0 Å². The monoisotopic (exact) mass is 337 g/mol. The first-order chi connectivity index (χ1) is 12.0. The van der Waals surface area contributed by atoms with Gasteiger partial charge in [-0.05, 0) is 50.2 Å². The molecule has 1 heterocycles. The zero-order valence-electron chi connectivity index (χ0n) is 14.2. The third-order valence-corrected chi connectivity index (χ3v) is 4.12. The molecule has 0 radical (unpaired) electrons. The van der Waals surface area contributed by atoms with Crippen molar-refractivity contribution in [2.45, 2.75) is 26.9 Å². The Morgan fingerprint density at radius 3 is 2.12 bits per heavy atom. The highest BCUT2D eigenvalue weighted by Crippen LogP contribution is 2.14. The van der Waals surface area contributed by atoms with Gasteiger partial charge < -0.3 is 5.32 Å². The number of imidazole rings is 1. The molecule has 0 saturated heterocycles. The van der Waals surface area contributed by atoms with Crippen molar-refractivity contribution >= 4 is 28.4 Å². The topological polar surface area (TPSA) is 73.1 Å². The molecule has 0 atom stereocenters. The van der Waals surface area contributed by atoms with Gasteiger partial charge in [-0.2, -0.15) is 0 Å². The molecule has 3 rings (SSSR count). The number of ketones is 1. The Bertz CT molecular complexity index is 997. The van der Waals surface area contributed by atoms with Gasteiger partial charge in [0.15, 0.2) is 5.78 Å². The number of hydrogen-bond acceptors (Lipinski definition) is 3. The molecular formula is C19H19N3O3. The standard InChI is InChI=1S/C19H19N3O3/c1-3-21-16-6-4-5-7-17(16)22(19(21)25)12-18(24)20-15-10-8-14(9-11-15)13(2)23/h4-11H,3,12H2,1-2H3,(H,20,24). The van der Waals surface area contributed by atoms with E-state index in [9.17, 15) is 14.4 Å². The van der Waals surface area contributed by atoms with Crippen molar-refractivity contribution in [2.75, 3.05) is 5.32 Å². The molecule has 0 fully saturated rings. The summed E-state index contributed by atoms with van der Waals surface area (Å²) in [6, 6.07) is 14.1. The number of para-hydroxylation sites is 2. The molecule has 3 aromatic rings. The number of nitrogens with one attached hydrogen (secondary N) is 1. The van der Waals surface area contributed by atoms with E-state index < -0.39 is 0 Å². The molecule has 6 heteroatoms. The molecule has 0 unspecified atom stereocenters. The predicted molar refractivity (Wildman–Crippen MR) is 96.9 cm³/mol. The minimum absolute atomic E-state index is 0.0307. The number of anilines is 1. The van der Waals surface area contributed by atoms with Gasteiger partial charge in [-0.25, -0.2) is 4.79 Å². The summed E-state index contributed by atoms with van der Waals surface area (Å²) in [6.07, 6.45) is 0. The summed E-state index contributed by atoms with van der Waals surface area (Å²) in [4.78, 5) is 36.2. The average molecular weight is 337 g/mol. The highest BCUT2D eigenvalue weighted by molar-refractivity contribution is 5.95. The normalized spacial score (nSPS) is 10.8. The smallest absolute Gasteiger partial charge is 0.325 e. The van der Waals surface area contributed by atoms with Gasteiger partial charge >= 0.3 is 5.69 Å². The number of aryl methyl sites for hydroxylation is 1. The number of rotatable bonds is 5. The van der Waals surface area contributed by atoms with E-state index in [2.05, 4.69) is 5.32 Å². The van der Waals surface area contributed by atoms with E-state index in [0.717, 1.165) is 11.0 Å². The van der Waals surface area contributed by atoms with Crippen LogP contribution in [-0.4, -0.2) is 20.8 Å². The van der Waals surface area contributed by atoms with E-state index in [1.165, 1.54) is 11.5 Å². The lowest BCUT2D eigenvalue weighted by Gasteiger charge is -2.07. The van der Waals surface area contributed by atoms with E-state index in [-0.39, 0.29) is 23.9 Å². The number of hydrogen-bond donors (Lipinski definition) is 1. The molecule has 2 aromatic carbocycles. The maximum absolute atomic E-state index is 12.5. The lowest BCUT2D eigenvalue weighted by molar-refractivity contribution is -0.116. The van der Waals surface area contributed by atoms with E-state index in [4.69, 9.17) is 0 Å². The van der Waals surface area contributed by atoms with Crippen LogP contribution in [0.25, 0.3) is 11.0 Å². The van der Waals surface area contributed by atoms with Crippen LogP contribution in [0.5, 0.6) is 0 Å². The number of nitrogens with zero attached hydrogens (tertiary/aromatic N) is 2. The summed E-state index contributed by atoms with van der Waals surface area (Å²) in [5.74, 6) is -0.325. The second-order valence-corrected chi connectivity index (χ2v) is 5.78. The zero-order chi connectivity index (χ0) is 18.0. The van der Waals surface area contributed by atoms with Crippen LogP contribution >= 0.6 is 0 Å². The van der Waals surface area contributed by atoms with Gasteiger partial charge in [0.25, 0.3) is 0 Å². The first-order valence-corrected chi connectivity index (χ1v) is 8.10. The van der Waals surface area contributed by atoms with Crippen molar-refractivity contribution in [3.05, 3.63) is 64.6 Å². The van der Waals surface area contributed by atoms with Crippen LogP contribution in [0.1, 0.15) is 24.2 Å². The van der Waals surface area contributed by atoms with Crippen molar-refractivity contribution in [2.24, 2.45) is 0 Å². The Labute approximate surface area is 144 Å². The maximum Gasteiger partial charge on any atom is 0.329 e. The molecule has 0 aliphatic carbocycles. The molecular weight excluding hydrogens is 318 g/mol. The van der Waals surface area contributed by atoms with E-state index in [0.29, 0.717) is 17.8 Å². The van der Waals surface area contributed by atoms with Crippen LogP contribution in [0.4, 0.5) is 5.69 Å². The second-order valence-electron chi connectivity index (χ2n) is 5.78. The first-order valence-electron chi connectivity index (χ1n) is 8.10. The number of Topliss-reactive ketones (excluding diaryl/α,β-unsaturated/α-hetero) is 1. The van der Waals surface area contributed by atoms with Crippen molar-refractivity contribution < 1.29 is 9.59 Å². The van der Waals surface area contributed by atoms with Crippen molar-refractivity contribution in [3.8, 4) is 0 Å². The number of aromatic nitrogens is 2. The summed E-state index contributed by atoms with van der Waals surface area (Å²) in [5, 5.41) is 2.76. The SMILES string of the molecule is CCn1c(=O)n(CC(=O)Nc2ccc(C(C)=O)cc2)c2ccccc21. The van der Waals surface area contributed by atoms with Crippen LogP contribution in [0.3, 0.4) is 0 Å². The number of carbonyl (C=O) groups is 2. The van der Waals surface area contributed by atoms with Crippen molar-refractivity contribution in [1.82, 2.24) is 9.13 Å². The zero-order valence-corrected chi connectivity index (χ0v) is 14.2. The van der Waals surface area contributed by atoms with Crippen LogP contribution in [0.15, 0.2) is 53.3 Å². The van der Waals surface area contributed by atoms with Gasteiger partial charge in [-0.3, -0.25) is 18.7 Å². The molecule has 0 spiro atoms. The summed E-state index contributed by atoms with van der Waals surface area (Å²) in [5.41, 5.74) is 2.51. The summed E-state index contributed by atoms with van der Waals surface area (Å²) >= 11 is 0. The van der Waals surface area contributed by atoms with Gasteiger partial charge in [0.05, 0.1) is 11.0 Å². The average Bonchev–Trinajstić information content (AvgIpc) is 2.87. The lowest BCUT2D eigenvalue weighted by atomic mass is 10.1. The molecule has 25 heavy (non-hydrogen) atoms. The Morgan fingerprint density at radius 1 is 0.960 bits per heavy atom. The number of fused-ring (bicyclic) bond motifs is 1. The highest BCUT2D eigenvalue weighted by Gasteiger charge is 2.14. The molecule has 0 saturated carbocycles. The number of benzene rings is 2. The van der Waals surface area contributed by atoms with E-state index in [1.807, 2.05) is 31.2 Å². The van der Waals surface area contributed by atoms with Crippen LogP contribution < -0.4 is 11.0 Å². The highest BCUT2D eigenvalue weighted by atomic mass is 16.2. The molecule has 0 aliphatic rings. The Morgan fingerprint density at radius 2 is 1.56 bits per heavy atom. The quantitative estimate of drug-likeness (QED) is 0.728. The lowest BCUT2D eigenvalue weighted by Crippen LogP contribution is -2.29. The number of carbonyl (C=O) groups excluding carboxylic acids is 2. The Balaban J connectivity index is 1.84. The Hall–Kier alpha value is -3.15. The molecule has 128 valence electrons. The summed E-state index contributed by atoms with van der Waals surface area (Å²) in [6.45, 7) is 3.86. The van der Waals surface area contributed by atoms with Crippen molar-refractivity contribution in [3.63, 3.8) is 0 Å². The largest absolute Gasteiger partial charge is 0.329 e. The minimum Gasteiger partial charge on any atom is -0.325 e. The van der Waals surface area contributed by atoms with Gasteiger partial charge in [-0.15, -0.1) is 0 Å². The van der Waals surface area contributed by atoms with Gasteiger partial charge in [0, 0.05) is 17.8 Å². The third kappa shape index (κ3) is 3.24. The fraction of sp³-hybridized carbons (Fsp3) is 0.211. The molecule has 0 aliphatic heterocycles. The second kappa shape index (κ2) is 6.76. The number of amides is 1. The molecule has 1 amide bonds. The van der Waals surface area contributed by atoms with Gasteiger partial charge in [0.2, 0.25) is 5.91 Å². The van der Waals surface area contributed by atoms with Crippen LogP contribution in [0.2, 0.25) is 0 Å². The minimum atomic E-state index is -0.295. The summed E-state index contributed by atoms with van der Waals surface area (Å²) in [7, 11) is 0. The van der Waals surface area contributed by atoms with Gasteiger partial charge in [0.1, 0.15) is 6.54 Å². The maximum atomic E-state index is 12.5. The molecule has 0 bridgehead atoms. The fourth-order valence-corrected chi connectivity index (χ4v) is 2.86. The molecule has 6 nitrogen and oxygen atoms in total. The molecule has 1 N–H and O–H groups in total. The third-order valence-electron chi connectivity index (χ3n) is 4.12. The van der Waals surface area contributed by atoms with Crippen LogP contribution in [0, 0.1) is 0 Å². The Kier molecular flexibility index (Phi) is 4.52. The summed E-state index contributed by atoms with van der Waals surface area (Å²) < 4.78 is 3.11. The fourth-order valence-electron chi connectivity index (χ4n) is 2.86. The first kappa shape index (κ1) is 16.7. The van der Waals surface area contributed by atoms with Crippen LogP contribution in [-0.2, 0) is 17.9 Å². The molecule has 1 aromatic heterocycles. The van der Waals surface area contributed by atoms with Gasteiger partial charge in [-0.1, -0.05) is 12.1 Å². The predicted octanol–water partition coefficient (Wildman–Crippen LogP) is 2.66. The van der Waals surface area contributed by atoms with E-state index in [1.54, 1.807) is 28.8 Å².